The summed E-state index contributed by atoms with van der Waals surface area (Å²) in [6.07, 6.45) is 0.954. The van der Waals surface area contributed by atoms with Crippen LogP contribution in [0.15, 0.2) is 78.7 Å². The Morgan fingerprint density at radius 2 is 1.90 bits per heavy atom. The van der Waals surface area contributed by atoms with Crippen LogP contribution in [0.25, 0.3) is 49.3 Å². The molecule has 5 aromatic rings. The van der Waals surface area contributed by atoms with Gasteiger partial charge in [0.2, 0.25) is 5.91 Å². The lowest BCUT2D eigenvalue weighted by Crippen LogP contribution is -2.23. The van der Waals surface area contributed by atoms with Crippen LogP contribution in [-0.2, 0) is 22.5 Å². The fraction of sp³-hybridized carbons (Fsp3) is 0.176. The quantitative estimate of drug-likeness (QED) is 0.152. The number of aromatic nitrogens is 1. The predicted molar refractivity (Wildman–Crippen MR) is 167 cm³/mol. The minimum absolute atomic E-state index is 0.212. The van der Waals surface area contributed by atoms with Gasteiger partial charge in [0, 0.05) is 57.6 Å². The standard InChI is InChI=1S/C34H30FN3O3S/c1-20(34(36)39)21-4-3-5-23(16-21)32-30(27-9-8-26(35)18-29(27)41-14-13-40-2)33-28(11-15-42-33)31(38-32)24-6-7-25-19-37-12-10-22(25)17-24/h3-9,11,15-18,37H,1,10,12-14,19H2,2H3,(H2,36,39). The van der Waals surface area contributed by atoms with Crippen LogP contribution in [-0.4, -0.2) is 37.8 Å². The van der Waals surface area contributed by atoms with Crippen molar-refractivity contribution in [3.63, 3.8) is 0 Å². The molecular weight excluding hydrogens is 549 g/mol. The number of fused-ring (bicyclic) bond motifs is 2. The highest BCUT2D eigenvalue weighted by Gasteiger charge is 2.23. The van der Waals surface area contributed by atoms with Gasteiger partial charge in [-0.25, -0.2) is 9.37 Å². The van der Waals surface area contributed by atoms with Crippen molar-refractivity contribution >= 4 is 32.9 Å². The Balaban J connectivity index is 1.63. The van der Waals surface area contributed by atoms with Crippen LogP contribution < -0.4 is 15.8 Å². The summed E-state index contributed by atoms with van der Waals surface area (Å²) in [7, 11) is 1.59. The number of benzene rings is 3. The average molecular weight is 580 g/mol. The van der Waals surface area contributed by atoms with E-state index in [1.165, 1.54) is 23.3 Å². The van der Waals surface area contributed by atoms with E-state index in [0.717, 1.165) is 52.0 Å². The Morgan fingerprint density at radius 1 is 1.05 bits per heavy atom. The molecular formula is C34H30FN3O3S. The molecule has 0 unspecified atom stereocenters. The third kappa shape index (κ3) is 5.32. The number of methoxy groups -OCH3 is 1. The molecule has 0 saturated heterocycles. The first-order valence-corrected chi connectivity index (χ1v) is 14.6. The molecule has 6 rings (SSSR count). The second kappa shape index (κ2) is 11.9. The van der Waals surface area contributed by atoms with Crippen molar-refractivity contribution in [2.45, 2.75) is 13.0 Å². The number of nitrogens with two attached hydrogens (primary N) is 1. The molecule has 0 aliphatic carbocycles. The van der Waals surface area contributed by atoms with Crippen molar-refractivity contribution in [3.8, 4) is 39.4 Å². The molecule has 1 amide bonds. The van der Waals surface area contributed by atoms with Crippen molar-refractivity contribution in [3.05, 3.63) is 101 Å². The van der Waals surface area contributed by atoms with Crippen LogP contribution in [0, 0.1) is 5.82 Å². The van der Waals surface area contributed by atoms with E-state index in [4.69, 9.17) is 20.2 Å². The monoisotopic (exact) mass is 579 g/mol. The summed E-state index contributed by atoms with van der Waals surface area (Å²) < 4.78 is 26.7. The smallest absolute Gasteiger partial charge is 0.248 e. The number of carbonyl (C=O) groups is 1. The number of halogens is 1. The number of rotatable bonds is 9. The number of carbonyl (C=O) groups excluding carboxylic acids is 1. The number of nitrogens with zero attached hydrogens (tertiary/aromatic N) is 1. The van der Waals surface area contributed by atoms with Crippen LogP contribution >= 0.6 is 11.3 Å². The summed E-state index contributed by atoms with van der Waals surface area (Å²) in [5.74, 6) is -0.592. The van der Waals surface area contributed by atoms with Gasteiger partial charge in [-0.15, -0.1) is 11.3 Å². The molecule has 2 aromatic heterocycles. The molecule has 6 nitrogen and oxygen atoms in total. The lowest BCUT2D eigenvalue weighted by atomic mass is 9.92. The van der Waals surface area contributed by atoms with Crippen molar-refractivity contribution < 1.29 is 18.7 Å². The van der Waals surface area contributed by atoms with Gasteiger partial charge in [0.15, 0.2) is 0 Å². The van der Waals surface area contributed by atoms with Gasteiger partial charge in [0.1, 0.15) is 18.2 Å². The van der Waals surface area contributed by atoms with Gasteiger partial charge >= 0.3 is 0 Å². The van der Waals surface area contributed by atoms with E-state index in [2.05, 4.69) is 36.2 Å². The molecule has 8 heteroatoms. The van der Waals surface area contributed by atoms with Crippen LogP contribution in [0.3, 0.4) is 0 Å². The summed E-state index contributed by atoms with van der Waals surface area (Å²) in [4.78, 5) is 17.3. The topological polar surface area (TPSA) is 86.5 Å². The molecule has 0 saturated carbocycles. The predicted octanol–water partition coefficient (Wildman–Crippen LogP) is 6.61. The largest absolute Gasteiger partial charge is 0.490 e. The summed E-state index contributed by atoms with van der Waals surface area (Å²) in [6.45, 7) is 6.30. The van der Waals surface area contributed by atoms with Gasteiger partial charge in [0.25, 0.3) is 0 Å². The van der Waals surface area contributed by atoms with Crippen LogP contribution in [0.4, 0.5) is 4.39 Å². The molecule has 0 fully saturated rings. The SMILES string of the molecule is C=C(C(N)=O)c1cccc(-c2nc(-c3ccc4c(c3)CCNC4)c3ccsc3c2-c2ccc(F)cc2OCCOC)c1. The molecule has 0 atom stereocenters. The zero-order chi connectivity index (χ0) is 29.2. The molecule has 42 heavy (non-hydrogen) atoms. The normalized spacial score (nSPS) is 12.7. The minimum atomic E-state index is -0.592. The number of ether oxygens (including phenoxy) is 2. The molecule has 3 aromatic carbocycles. The summed E-state index contributed by atoms with van der Waals surface area (Å²) in [6, 6.07) is 20.6. The number of nitrogens with one attached hydrogen (secondary N) is 1. The first-order chi connectivity index (χ1) is 20.4. The lowest BCUT2D eigenvalue weighted by Gasteiger charge is -2.20. The van der Waals surface area contributed by atoms with Crippen molar-refractivity contribution in [2.24, 2.45) is 5.73 Å². The third-order valence-electron chi connectivity index (χ3n) is 7.51. The maximum Gasteiger partial charge on any atom is 0.248 e. The first kappa shape index (κ1) is 27.8. The van der Waals surface area contributed by atoms with Crippen LogP contribution in [0.5, 0.6) is 5.75 Å². The van der Waals surface area contributed by atoms with Crippen LogP contribution in [0.1, 0.15) is 16.7 Å². The summed E-state index contributed by atoms with van der Waals surface area (Å²) in [5.41, 5.74) is 13.9. The Morgan fingerprint density at radius 3 is 2.74 bits per heavy atom. The highest BCUT2D eigenvalue weighted by atomic mass is 32.1. The van der Waals surface area contributed by atoms with Crippen LogP contribution in [0.2, 0.25) is 0 Å². The van der Waals surface area contributed by atoms with Gasteiger partial charge in [-0.2, -0.15) is 0 Å². The van der Waals surface area contributed by atoms with Gasteiger partial charge in [-0.3, -0.25) is 4.79 Å². The summed E-state index contributed by atoms with van der Waals surface area (Å²) in [5, 5.41) is 6.48. The number of hydrogen-bond acceptors (Lipinski definition) is 6. The Labute approximate surface area is 247 Å². The molecule has 0 bridgehead atoms. The Kier molecular flexibility index (Phi) is 7.84. The van der Waals surface area contributed by atoms with E-state index in [1.54, 1.807) is 30.6 Å². The highest BCUT2D eigenvalue weighted by Crippen LogP contribution is 2.46. The zero-order valence-electron chi connectivity index (χ0n) is 23.2. The molecule has 0 radical (unpaired) electrons. The van der Waals surface area contributed by atoms with E-state index in [0.29, 0.717) is 29.2 Å². The van der Waals surface area contributed by atoms with Crippen molar-refractivity contribution in [1.82, 2.24) is 10.3 Å². The Bertz CT molecular complexity index is 1830. The number of pyridine rings is 1. The van der Waals surface area contributed by atoms with Gasteiger partial charge in [0.05, 0.1) is 18.0 Å². The number of amides is 1. The second-order valence-electron chi connectivity index (χ2n) is 10.2. The lowest BCUT2D eigenvalue weighted by molar-refractivity contribution is -0.112. The fourth-order valence-electron chi connectivity index (χ4n) is 5.38. The van der Waals surface area contributed by atoms with Gasteiger partial charge < -0.3 is 20.5 Å². The fourth-order valence-corrected chi connectivity index (χ4v) is 6.34. The molecule has 3 N–H and O–H groups in total. The Hall–Kier alpha value is -4.37. The van der Waals surface area contributed by atoms with E-state index in [9.17, 15) is 9.18 Å². The number of hydrogen-bond donors (Lipinski definition) is 2. The third-order valence-corrected chi connectivity index (χ3v) is 8.45. The zero-order valence-corrected chi connectivity index (χ0v) is 24.0. The second-order valence-corrected chi connectivity index (χ2v) is 11.1. The molecule has 1 aliphatic heterocycles. The van der Waals surface area contributed by atoms with Gasteiger partial charge in [-0.1, -0.05) is 36.9 Å². The minimum Gasteiger partial charge on any atom is -0.490 e. The van der Waals surface area contributed by atoms with Crippen molar-refractivity contribution in [1.29, 1.82) is 0 Å². The molecule has 3 heterocycles. The summed E-state index contributed by atoms with van der Waals surface area (Å²) >= 11 is 1.60. The van der Waals surface area contributed by atoms with E-state index in [1.807, 2.05) is 23.6 Å². The average Bonchev–Trinajstić information content (AvgIpc) is 3.50. The van der Waals surface area contributed by atoms with Gasteiger partial charge in [-0.05, 0) is 65.4 Å². The molecule has 212 valence electrons. The van der Waals surface area contributed by atoms with E-state index < -0.39 is 11.7 Å². The maximum atomic E-state index is 14.5. The number of thiophene rings is 1. The van der Waals surface area contributed by atoms with E-state index >= 15 is 0 Å². The van der Waals surface area contributed by atoms with E-state index in [-0.39, 0.29) is 12.2 Å². The molecule has 1 aliphatic rings. The maximum absolute atomic E-state index is 14.5. The number of primary amides is 1. The van der Waals surface area contributed by atoms with Crippen molar-refractivity contribution in [2.75, 3.05) is 26.9 Å². The highest BCUT2D eigenvalue weighted by molar-refractivity contribution is 7.18. The first-order valence-electron chi connectivity index (χ1n) is 13.7. The molecule has 0 spiro atoms.